The number of nitriles is 1. The van der Waals surface area contributed by atoms with Crippen LogP contribution in [0.2, 0.25) is 0 Å². The van der Waals surface area contributed by atoms with Crippen molar-refractivity contribution in [2.45, 2.75) is 12.8 Å². The molecule has 0 aliphatic rings. The fourth-order valence-electron chi connectivity index (χ4n) is 2.51. The van der Waals surface area contributed by atoms with E-state index in [9.17, 15) is 9.59 Å². The van der Waals surface area contributed by atoms with Crippen LogP contribution in [0.4, 0.5) is 5.69 Å². The van der Waals surface area contributed by atoms with E-state index in [1.807, 2.05) is 0 Å². The van der Waals surface area contributed by atoms with E-state index in [4.69, 9.17) is 14.4 Å². The Kier molecular flexibility index (Phi) is 6.63. The van der Waals surface area contributed by atoms with Crippen molar-refractivity contribution < 1.29 is 18.7 Å². The van der Waals surface area contributed by atoms with Crippen molar-refractivity contribution >= 4 is 17.5 Å². The molecule has 29 heavy (non-hydrogen) atoms. The van der Waals surface area contributed by atoms with Gasteiger partial charge in [0, 0.05) is 18.7 Å². The number of rotatable bonds is 8. The highest BCUT2D eigenvalue weighted by Gasteiger charge is 2.08. The number of nitrogens with one attached hydrogen (secondary N) is 2. The number of benzene rings is 2. The van der Waals surface area contributed by atoms with E-state index in [0.717, 1.165) is 0 Å². The lowest BCUT2D eigenvalue weighted by Gasteiger charge is -2.08. The Labute approximate surface area is 167 Å². The van der Waals surface area contributed by atoms with Gasteiger partial charge in [-0.2, -0.15) is 5.26 Å². The topological polar surface area (TPSA) is 104 Å². The Balaban J connectivity index is 1.40. The van der Waals surface area contributed by atoms with Gasteiger partial charge in [0.15, 0.2) is 5.76 Å². The predicted molar refractivity (Wildman–Crippen MR) is 107 cm³/mol. The summed E-state index contributed by atoms with van der Waals surface area (Å²) in [6, 6.07) is 19.1. The van der Waals surface area contributed by atoms with Gasteiger partial charge >= 0.3 is 0 Å². The summed E-state index contributed by atoms with van der Waals surface area (Å²) in [5.74, 6) is 1.05. The van der Waals surface area contributed by atoms with E-state index >= 15 is 0 Å². The first-order valence-electron chi connectivity index (χ1n) is 9.04. The van der Waals surface area contributed by atoms with E-state index in [-0.39, 0.29) is 24.0 Å². The SMILES string of the molecule is N#Cc1ccc(Oc2ccc(NC(=O)CCCNC(=O)c3ccco3)cc2)cc1. The maximum Gasteiger partial charge on any atom is 0.286 e. The van der Waals surface area contributed by atoms with Crippen LogP contribution >= 0.6 is 0 Å². The lowest BCUT2D eigenvalue weighted by Crippen LogP contribution is -2.25. The second kappa shape index (κ2) is 9.76. The molecule has 0 unspecified atom stereocenters. The van der Waals surface area contributed by atoms with Crippen molar-refractivity contribution in [3.05, 3.63) is 78.3 Å². The van der Waals surface area contributed by atoms with Gasteiger partial charge in [0.1, 0.15) is 11.5 Å². The maximum atomic E-state index is 12.0. The van der Waals surface area contributed by atoms with Crippen LogP contribution in [0.5, 0.6) is 11.5 Å². The monoisotopic (exact) mass is 389 g/mol. The number of ether oxygens (including phenoxy) is 1. The minimum Gasteiger partial charge on any atom is -0.459 e. The number of hydrogen-bond donors (Lipinski definition) is 2. The molecule has 3 rings (SSSR count). The van der Waals surface area contributed by atoms with Gasteiger partial charge in [-0.3, -0.25) is 9.59 Å². The fraction of sp³-hybridized carbons (Fsp3) is 0.136. The summed E-state index contributed by atoms with van der Waals surface area (Å²) in [7, 11) is 0. The van der Waals surface area contributed by atoms with Crippen LogP contribution in [0, 0.1) is 11.3 Å². The number of carbonyl (C=O) groups excluding carboxylic acids is 2. The van der Waals surface area contributed by atoms with Crippen LogP contribution in [-0.4, -0.2) is 18.4 Å². The number of furan rings is 1. The van der Waals surface area contributed by atoms with Crippen molar-refractivity contribution in [2.24, 2.45) is 0 Å². The molecule has 0 aliphatic carbocycles. The molecule has 0 aliphatic heterocycles. The Morgan fingerprint density at radius 1 is 1.00 bits per heavy atom. The highest BCUT2D eigenvalue weighted by Crippen LogP contribution is 2.23. The normalized spacial score (nSPS) is 10.0. The van der Waals surface area contributed by atoms with Gasteiger partial charge < -0.3 is 19.8 Å². The second-order valence-electron chi connectivity index (χ2n) is 6.15. The molecule has 2 amide bonds. The van der Waals surface area contributed by atoms with Gasteiger partial charge in [-0.25, -0.2) is 0 Å². The fourth-order valence-corrected chi connectivity index (χ4v) is 2.51. The van der Waals surface area contributed by atoms with Crippen LogP contribution in [0.1, 0.15) is 29.0 Å². The number of amides is 2. The molecule has 7 heteroatoms. The number of nitrogens with zero attached hydrogens (tertiary/aromatic N) is 1. The summed E-state index contributed by atoms with van der Waals surface area (Å²) < 4.78 is 10.7. The number of hydrogen-bond acceptors (Lipinski definition) is 5. The van der Waals surface area contributed by atoms with E-state index in [0.29, 0.717) is 35.7 Å². The van der Waals surface area contributed by atoms with Gasteiger partial charge in [0.25, 0.3) is 5.91 Å². The maximum absolute atomic E-state index is 12.0. The minimum atomic E-state index is -0.298. The molecule has 0 bridgehead atoms. The first-order valence-corrected chi connectivity index (χ1v) is 9.04. The summed E-state index contributed by atoms with van der Waals surface area (Å²) in [6.45, 7) is 0.379. The molecule has 0 saturated heterocycles. The van der Waals surface area contributed by atoms with Crippen molar-refractivity contribution in [1.82, 2.24) is 5.32 Å². The lowest BCUT2D eigenvalue weighted by atomic mass is 10.2. The van der Waals surface area contributed by atoms with Gasteiger partial charge in [-0.05, 0) is 67.1 Å². The molecule has 3 aromatic rings. The summed E-state index contributed by atoms with van der Waals surface area (Å²) in [5, 5.41) is 14.3. The average molecular weight is 389 g/mol. The number of anilines is 1. The molecule has 0 atom stereocenters. The van der Waals surface area contributed by atoms with Gasteiger partial charge in [-0.15, -0.1) is 0 Å². The molecule has 2 aromatic carbocycles. The lowest BCUT2D eigenvalue weighted by molar-refractivity contribution is -0.116. The third-order valence-corrected chi connectivity index (χ3v) is 3.97. The van der Waals surface area contributed by atoms with Crippen molar-refractivity contribution in [1.29, 1.82) is 5.26 Å². The molecule has 1 heterocycles. The quantitative estimate of drug-likeness (QED) is 0.565. The van der Waals surface area contributed by atoms with Crippen LogP contribution in [0.15, 0.2) is 71.3 Å². The molecule has 0 fully saturated rings. The summed E-state index contributed by atoms with van der Waals surface area (Å²) in [5.41, 5.74) is 1.22. The highest BCUT2D eigenvalue weighted by atomic mass is 16.5. The highest BCUT2D eigenvalue weighted by molar-refractivity contribution is 5.92. The standard InChI is InChI=1S/C22H19N3O4/c23-15-16-5-9-18(10-6-16)29-19-11-7-17(8-12-19)25-21(26)4-1-13-24-22(27)20-3-2-14-28-20/h2-3,5-12,14H,1,4,13H2,(H,24,27)(H,25,26). The molecule has 7 nitrogen and oxygen atoms in total. The van der Waals surface area contributed by atoms with E-state index < -0.39 is 0 Å². The van der Waals surface area contributed by atoms with Crippen LogP contribution in [0.25, 0.3) is 0 Å². The van der Waals surface area contributed by atoms with Crippen molar-refractivity contribution in [3.63, 3.8) is 0 Å². The second-order valence-corrected chi connectivity index (χ2v) is 6.15. The summed E-state index contributed by atoms with van der Waals surface area (Å²) in [6.07, 6.45) is 2.23. The molecule has 0 radical (unpaired) electrons. The molecule has 146 valence electrons. The Morgan fingerprint density at radius 2 is 1.69 bits per heavy atom. The average Bonchev–Trinajstić information content (AvgIpc) is 3.28. The van der Waals surface area contributed by atoms with Gasteiger partial charge in [-0.1, -0.05) is 0 Å². The van der Waals surface area contributed by atoms with E-state index in [1.165, 1.54) is 6.26 Å². The zero-order chi connectivity index (χ0) is 20.5. The molecule has 2 N–H and O–H groups in total. The van der Waals surface area contributed by atoms with Crippen LogP contribution in [-0.2, 0) is 4.79 Å². The van der Waals surface area contributed by atoms with Crippen molar-refractivity contribution in [2.75, 3.05) is 11.9 Å². The van der Waals surface area contributed by atoms with Crippen LogP contribution < -0.4 is 15.4 Å². The number of carbonyl (C=O) groups is 2. The summed E-state index contributed by atoms with van der Waals surface area (Å²) in [4.78, 5) is 23.7. The van der Waals surface area contributed by atoms with E-state index in [2.05, 4.69) is 16.7 Å². The third-order valence-electron chi connectivity index (χ3n) is 3.97. The minimum absolute atomic E-state index is 0.141. The zero-order valence-corrected chi connectivity index (χ0v) is 15.6. The zero-order valence-electron chi connectivity index (χ0n) is 15.6. The van der Waals surface area contributed by atoms with Gasteiger partial charge in [0.2, 0.25) is 5.91 Å². The third kappa shape index (κ3) is 5.97. The molecular formula is C22H19N3O4. The molecule has 0 saturated carbocycles. The van der Waals surface area contributed by atoms with Gasteiger partial charge in [0.05, 0.1) is 17.9 Å². The van der Waals surface area contributed by atoms with E-state index in [1.54, 1.807) is 60.7 Å². The Hall–Kier alpha value is -4.05. The molecular weight excluding hydrogens is 370 g/mol. The predicted octanol–water partition coefficient (Wildman–Crippen LogP) is 4.09. The van der Waals surface area contributed by atoms with Crippen LogP contribution in [0.3, 0.4) is 0 Å². The van der Waals surface area contributed by atoms with Crippen molar-refractivity contribution in [3.8, 4) is 17.6 Å². The molecule has 0 spiro atoms. The Bertz CT molecular complexity index is 988. The first kappa shape index (κ1) is 19.7. The first-order chi connectivity index (χ1) is 14.1. The Morgan fingerprint density at radius 3 is 2.31 bits per heavy atom. The largest absolute Gasteiger partial charge is 0.459 e. The summed E-state index contributed by atoms with van der Waals surface area (Å²) >= 11 is 0. The molecule has 1 aromatic heterocycles. The smallest absolute Gasteiger partial charge is 0.286 e.